The zero-order valence-corrected chi connectivity index (χ0v) is 10.2. The van der Waals surface area contributed by atoms with Gasteiger partial charge < -0.3 is 10.6 Å². The van der Waals surface area contributed by atoms with Gasteiger partial charge in [-0.1, -0.05) is 0 Å². The topological polar surface area (TPSA) is 32.5 Å². The summed E-state index contributed by atoms with van der Waals surface area (Å²) in [4.78, 5) is 5.02. The predicted molar refractivity (Wildman–Crippen MR) is 63.8 cm³/mol. The van der Waals surface area contributed by atoms with Crippen molar-refractivity contribution in [1.29, 1.82) is 0 Å². The number of hydrogen-bond donors (Lipinski definition) is 1. The third-order valence-corrected chi connectivity index (χ3v) is 4.23. The molecule has 1 saturated carbocycles. The average molecular weight is 211 g/mol. The Morgan fingerprint density at radius 3 is 2.60 bits per heavy atom. The van der Waals surface area contributed by atoms with Gasteiger partial charge in [-0.05, 0) is 52.2 Å². The summed E-state index contributed by atoms with van der Waals surface area (Å²) >= 11 is 0. The van der Waals surface area contributed by atoms with Crippen molar-refractivity contribution in [2.75, 3.05) is 33.7 Å². The molecule has 15 heavy (non-hydrogen) atoms. The van der Waals surface area contributed by atoms with Crippen LogP contribution in [0.25, 0.3) is 0 Å². The van der Waals surface area contributed by atoms with Gasteiger partial charge in [0.1, 0.15) is 0 Å². The second-order valence-electron chi connectivity index (χ2n) is 5.48. The molecule has 1 heterocycles. The third-order valence-electron chi connectivity index (χ3n) is 4.23. The number of likely N-dealkylation sites (tertiary alicyclic amines) is 1. The minimum atomic E-state index is 0.804. The lowest BCUT2D eigenvalue weighted by Crippen LogP contribution is -2.60. The third kappa shape index (κ3) is 2.52. The van der Waals surface area contributed by atoms with Gasteiger partial charge in [0, 0.05) is 25.2 Å². The summed E-state index contributed by atoms with van der Waals surface area (Å²) < 4.78 is 0. The van der Waals surface area contributed by atoms with E-state index in [9.17, 15) is 0 Å². The number of hydrogen-bond acceptors (Lipinski definition) is 3. The second-order valence-corrected chi connectivity index (χ2v) is 5.48. The van der Waals surface area contributed by atoms with Crippen LogP contribution in [0.2, 0.25) is 0 Å². The Hall–Kier alpha value is -0.120. The van der Waals surface area contributed by atoms with Crippen molar-refractivity contribution >= 4 is 0 Å². The Kier molecular flexibility index (Phi) is 3.65. The molecule has 1 aliphatic heterocycles. The highest BCUT2D eigenvalue weighted by molar-refractivity contribution is 4.93. The first-order valence-corrected chi connectivity index (χ1v) is 6.31. The van der Waals surface area contributed by atoms with Gasteiger partial charge in [0.05, 0.1) is 0 Å². The highest BCUT2D eigenvalue weighted by Gasteiger charge is 2.36. The summed E-state index contributed by atoms with van der Waals surface area (Å²) in [6, 6.07) is 1.68. The Morgan fingerprint density at radius 1 is 1.27 bits per heavy atom. The summed E-state index contributed by atoms with van der Waals surface area (Å²) in [6.45, 7) is 3.44. The number of likely N-dealkylation sites (N-methyl/N-ethyl adjacent to an activating group) is 1. The quantitative estimate of drug-likeness (QED) is 0.745. The standard InChI is InChI=1S/C12H25N3/c1-14(2)12-8-15(9-12)11-4-3-10(7-11)5-6-13/h10-12H,3-9,13H2,1-2H3. The van der Waals surface area contributed by atoms with Crippen molar-refractivity contribution in [3.63, 3.8) is 0 Å². The highest BCUT2D eigenvalue weighted by Crippen LogP contribution is 2.33. The maximum absolute atomic E-state index is 5.62. The van der Waals surface area contributed by atoms with E-state index in [1.807, 2.05) is 0 Å². The summed E-state index contributed by atoms with van der Waals surface area (Å²) in [7, 11) is 4.38. The second kappa shape index (κ2) is 4.81. The lowest BCUT2D eigenvalue weighted by Gasteiger charge is -2.46. The molecule has 1 aliphatic carbocycles. The minimum Gasteiger partial charge on any atom is -0.330 e. The predicted octanol–water partition coefficient (Wildman–Crippen LogP) is 0.750. The van der Waals surface area contributed by atoms with Gasteiger partial charge in [-0.3, -0.25) is 4.90 Å². The molecule has 1 saturated heterocycles. The van der Waals surface area contributed by atoms with Crippen LogP contribution >= 0.6 is 0 Å². The Morgan fingerprint density at radius 2 is 2.00 bits per heavy atom. The smallest absolute Gasteiger partial charge is 0.0344 e. The molecule has 0 aromatic heterocycles. The molecule has 0 aromatic rings. The summed E-state index contributed by atoms with van der Waals surface area (Å²) in [5.41, 5.74) is 5.62. The van der Waals surface area contributed by atoms with E-state index in [-0.39, 0.29) is 0 Å². The van der Waals surface area contributed by atoms with E-state index in [1.54, 1.807) is 0 Å². The molecule has 3 heteroatoms. The normalized spacial score (nSPS) is 33.6. The van der Waals surface area contributed by atoms with E-state index >= 15 is 0 Å². The fourth-order valence-electron chi connectivity index (χ4n) is 2.99. The van der Waals surface area contributed by atoms with E-state index < -0.39 is 0 Å². The van der Waals surface area contributed by atoms with Gasteiger partial charge in [-0.15, -0.1) is 0 Å². The van der Waals surface area contributed by atoms with E-state index in [0.29, 0.717) is 0 Å². The van der Waals surface area contributed by atoms with Crippen LogP contribution in [0.15, 0.2) is 0 Å². The van der Waals surface area contributed by atoms with Gasteiger partial charge >= 0.3 is 0 Å². The van der Waals surface area contributed by atoms with Crippen molar-refractivity contribution in [3.05, 3.63) is 0 Å². The molecule has 2 rings (SSSR count). The van der Waals surface area contributed by atoms with Crippen LogP contribution in [0, 0.1) is 5.92 Å². The van der Waals surface area contributed by atoms with Crippen molar-refractivity contribution in [1.82, 2.24) is 9.80 Å². The van der Waals surface area contributed by atoms with Gasteiger partial charge in [0.2, 0.25) is 0 Å². The van der Waals surface area contributed by atoms with E-state index in [4.69, 9.17) is 5.73 Å². The van der Waals surface area contributed by atoms with Gasteiger partial charge in [-0.2, -0.15) is 0 Å². The Bertz CT molecular complexity index is 199. The van der Waals surface area contributed by atoms with Crippen molar-refractivity contribution in [2.24, 2.45) is 11.7 Å². The average Bonchev–Trinajstić information content (AvgIpc) is 2.50. The first kappa shape index (κ1) is 11.4. The summed E-state index contributed by atoms with van der Waals surface area (Å²) in [5, 5.41) is 0. The molecule has 2 N–H and O–H groups in total. The maximum Gasteiger partial charge on any atom is 0.0344 e. The van der Waals surface area contributed by atoms with E-state index in [1.165, 1.54) is 38.8 Å². The van der Waals surface area contributed by atoms with E-state index in [0.717, 1.165) is 24.5 Å². The number of nitrogens with two attached hydrogens (primary N) is 1. The summed E-state index contributed by atoms with van der Waals surface area (Å²) in [5.74, 6) is 0.915. The Balaban J connectivity index is 1.70. The number of nitrogens with zero attached hydrogens (tertiary/aromatic N) is 2. The first-order chi connectivity index (χ1) is 7.20. The zero-order valence-electron chi connectivity index (χ0n) is 10.2. The van der Waals surface area contributed by atoms with Crippen LogP contribution in [0.1, 0.15) is 25.7 Å². The molecule has 0 radical (unpaired) electrons. The maximum atomic E-state index is 5.62. The van der Waals surface area contributed by atoms with Crippen molar-refractivity contribution < 1.29 is 0 Å². The molecule has 0 aromatic carbocycles. The molecule has 2 aliphatic rings. The summed E-state index contributed by atoms with van der Waals surface area (Å²) in [6.07, 6.45) is 5.45. The molecule has 3 nitrogen and oxygen atoms in total. The largest absolute Gasteiger partial charge is 0.330 e. The fraction of sp³-hybridized carbons (Fsp3) is 1.00. The fourth-order valence-corrected chi connectivity index (χ4v) is 2.99. The van der Waals surface area contributed by atoms with Crippen LogP contribution in [-0.2, 0) is 0 Å². The van der Waals surface area contributed by atoms with Crippen LogP contribution in [0.3, 0.4) is 0 Å². The monoisotopic (exact) mass is 211 g/mol. The highest BCUT2D eigenvalue weighted by atomic mass is 15.3. The molecule has 0 spiro atoms. The Labute approximate surface area is 93.6 Å². The molecular weight excluding hydrogens is 186 g/mol. The lowest BCUT2D eigenvalue weighted by atomic mass is 10.0. The van der Waals surface area contributed by atoms with Gasteiger partial charge in [0.15, 0.2) is 0 Å². The molecule has 88 valence electrons. The minimum absolute atomic E-state index is 0.804. The van der Waals surface area contributed by atoms with Crippen LogP contribution in [-0.4, -0.2) is 55.6 Å². The molecule has 2 fully saturated rings. The van der Waals surface area contributed by atoms with Gasteiger partial charge in [0.25, 0.3) is 0 Å². The lowest BCUT2D eigenvalue weighted by molar-refractivity contribution is 0.0280. The molecule has 2 atom stereocenters. The van der Waals surface area contributed by atoms with Crippen molar-refractivity contribution in [2.45, 2.75) is 37.8 Å². The van der Waals surface area contributed by atoms with Crippen LogP contribution in [0.4, 0.5) is 0 Å². The van der Waals surface area contributed by atoms with Crippen LogP contribution < -0.4 is 5.73 Å². The molecule has 2 unspecified atom stereocenters. The zero-order chi connectivity index (χ0) is 10.8. The van der Waals surface area contributed by atoms with Crippen LogP contribution in [0.5, 0.6) is 0 Å². The first-order valence-electron chi connectivity index (χ1n) is 6.31. The van der Waals surface area contributed by atoms with Crippen molar-refractivity contribution in [3.8, 4) is 0 Å². The molecule has 0 bridgehead atoms. The molecular formula is C12H25N3. The molecule has 0 amide bonds. The van der Waals surface area contributed by atoms with E-state index in [2.05, 4.69) is 23.9 Å². The SMILES string of the molecule is CN(C)C1CN(C2CCC(CCN)C2)C1. The van der Waals surface area contributed by atoms with Gasteiger partial charge in [-0.25, -0.2) is 0 Å². The number of rotatable bonds is 4.